The van der Waals surface area contributed by atoms with Crippen LogP contribution in [0.3, 0.4) is 0 Å². The van der Waals surface area contributed by atoms with Gasteiger partial charge in [-0.25, -0.2) is 0 Å². The average Bonchev–Trinajstić information content (AvgIpc) is 2.14. The van der Waals surface area contributed by atoms with Gasteiger partial charge in [-0.1, -0.05) is 26.8 Å². The molecule has 0 heterocycles. The van der Waals surface area contributed by atoms with Gasteiger partial charge in [-0.2, -0.15) is 0 Å². The lowest BCUT2D eigenvalue weighted by Gasteiger charge is -2.26. The molecule has 0 bridgehead atoms. The van der Waals surface area contributed by atoms with Crippen molar-refractivity contribution >= 4 is 12.6 Å². The first-order valence-electron chi connectivity index (χ1n) is 5.19. The Bertz CT molecular complexity index is 337. The lowest BCUT2D eigenvalue weighted by atomic mass is 9.79. The topological polar surface area (TPSA) is 0 Å². The molecule has 0 atom stereocenters. The molecule has 0 spiro atoms. The van der Waals surface area contributed by atoms with Crippen LogP contribution in [0.25, 0.3) is 0 Å². The zero-order valence-electron chi connectivity index (χ0n) is 9.81. The predicted octanol–water partition coefficient (Wildman–Crippen LogP) is 4.28. The van der Waals surface area contributed by atoms with Crippen molar-refractivity contribution in [1.29, 1.82) is 0 Å². The van der Waals surface area contributed by atoms with Crippen molar-refractivity contribution in [3.63, 3.8) is 0 Å². The summed E-state index contributed by atoms with van der Waals surface area (Å²) in [5.74, 6) is 0. The van der Waals surface area contributed by atoms with Gasteiger partial charge in [0.1, 0.15) is 0 Å². The molecule has 0 aromatic heterocycles. The van der Waals surface area contributed by atoms with Gasteiger partial charge in [-0.05, 0) is 48.4 Å². The SMILES string of the molecule is CCC(C)(C)c1ccc(S)c(C)c1C. The van der Waals surface area contributed by atoms with Gasteiger partial charge < -0.3 is 0 Å². The molecule has 14 heavy (non-hydrogen) atoms. The third-order valence-electron chi connectivity index (χ3n) is 3.37. The first kappa shape index (κ1) is 11.6. The van der Waals surface area contributed by atoms with Gasteiger partial charge in [0.25, 0.3) is 0 Å². The Labute approximate surface area is 93.1 Å². The van der Waals surface area contributed by atoms with E-state index in [4.69, 9.17) is 0 Å². The van der Waals surface area contributed by atoms with Crippen molar-refractivity contribution in [2.75, 3.05) is 0 Å². The van der Waals surface area contributed by atoms with Crippen molar-refractivity contribution in [3.8, 4) is 0 Å². The lowest BCUT2D eigenvalue weighted by Crippen LogP contribution is -2.17. The molecule has 0 radical (unpaired) electrons. The van der Waals surface area contributed by atoms with Crippen LogP contribution in [-0.4, -0.2) is 0 Å². The highest BCUT2D eigenvalue weighted by Crippen LogP contribution is 2.32. The van der Waals surface area contributed by atoms with Crippen molar-refractivity contribution in [2.45, 2.75) is 51.3 Å². The minimum absolute atomic E-state index is 0.274. The number of benzene rings is 1. The van der Waals surface area contributed by atoms with Gasteiger partial charge in [-0.15, -0.1) is 12.6 Å². The van der Waals surface area contributed by atoms with Gasteiger partial charge in [-0.3, -0.25) is 0 Å². The fourth-order valence-corrected chi connectivity index (χ4v) is 1.97. The maximum Gasteiger partial charge on any atom is 0.00720 e. The molecule has 0 saturated heterocycles. The first-order valence-corrected chi connectivity index (χ1v) is 5.64. The minimum atomic E-state index is 0.274. The molecule has 78 valence electrons. The highest BCUT2D eigenvalue weighted by atomic mass is 32.1. The van der Waals surface area contributed by atoms with Crippen molar-refractivity contribution in [1.82, 2.24) is 0 Å². The zero-order valence-corrected chi connectivity index (χ0v) is 10.7. The van der Waals surface area contributed by atoms with E-state index in [1.165, 1.54) is 23.1 Å². The number of hydrogen-bond donors (Lipinski definition) is 1. The molecule has 0 aliphatic heterocycles. The average molecular weight is 208 g/mol. The number of rotatable bonds is 2. The largest absolute Gasteiger partial charge is 0.143 e. The summed E-state index contributed by atoms with van der Waals surface area (Å²) in [5, 5.41) is 0. The third-order valence-corrected chi connectivity index (χ3v) is 3.86. The van der Waals surface area contributed by atoms with Crippen molar-refractivity contribution in [3.05, 3.63) is 28.8 Å². The fraction of sp³-hybridized carbons (Fsp3) is 0.538. The monoisotopic (exact) mass is 208 g/mol. The highest BCUT2D eigenvalue weighted by molar-refractivity contribution is 7.80. The summed E-state index contributed by atoms with van der Waals surface area (Å²) in [4.78, 5) is 1.10. The predicted molar refractivity (Wildman–Crippen MR) is 66.5 cm³/mol. The molecule has 0 fully saturated rings. The standard InChI is InChI=1S/C13H20S/c1-6-13(4,5)11-7-8-12(14)10(3)9(11)2/h7-8,14H,6H2,1-5H3. The van der Waals surface area contributed by atoms with Gasteiger partial charge in [0.2, 0.25) is 0 Å². The highest BCUT2D eigenvalue weighted by Gasteiger charge is 2.20. The van der Waals surface area contributed by atoms with Gasteiger partial charge in [0.15, 0.2) is 0 Å². The fourth-order valence-electron chi connectivity index (χ4n) is 1.73. The summed E-state index contributed by atoms with van der Waals surface area (Å²) < 4.78 is 0. The van der Waals surface area contributed by atoms with E-state index in [1.807, 2.05) is 0 Å². The zero-order chi connectivity index (χ0) is 10.9. The van der Waals surface area contributed by atoms with Crippen LogP contribution < -0.4 is 0 Å². The molecular weight excluding hydrogens is 188 g/mol. The third kappa shape index (κ3) is 1.98. The van der Waals surface area contributed by atoms with Gasteiger partial charge >= 0.3 is 0 Å². The maximum absolute atomic E-state index is 4.44. The van der Waals surface area contributed by atoms with E-state index in [0.717, 1.165) is 4.90 Å². The molecule has 0 N–H and O–H groups in total. The number of thiol groups is 1. The summed E-state index contributed by atoms with van der Waals surface area (Å²) in [6.45, 7) is 11.2. The molecule has 1 aromatic rings. The Hall–Kier alpha value is -0.430. The molecule has 0 nitrogen and oxygen atoms in total. The van der Waals surface area contributed by atoms with Crippen LogP contribution in [0.1, 0.15) is 43.9 Å². The van der Waals surface area contributed by atoms with E-state index >= 15 is 0 Å². The quantitative estimate of drug-likeness (QED) is 0.689. The molecule has 1 heteroatoms. The van der Waals surface area contributed by atoms with Crippen LogP contribution in [0.2, 0.25) is 0 Å². The lowest BCUT2D eigenvalue weighted by molar-refractivity contribution is 0.502. The van der Waals surface area contributed by atoms with E-state index in [1.54, 1.807) is 0 Å². The molecule has 1 rings (SSSR count). The Morgan fingerprint density at radius 1 is 1.14 bits per heavy atom. The van der Waals surface area contributed by atoms with Crippen LogP contribution in [0, 0.1) is 13.8 Å². The molecule has 1 aromatic carbocycles. The van der Waals surface area contributed by atoms with Crippen LogP contribution in [-0.2, 0) is 5.41 Å². The van der Waals surface area contributed by atoms with Gasteiger partial charge in [0, 0.05) is 4.90 Å². The molecule has 0 amide bonds. The van der Waals surface area contributed by atoms with Crippen molar-refractivity contribution < 1.29 is 0 Å². The first-order chi connectivity index (χ1) is 6.40. The van der Waals surface area contributed by atoms with Crippen LogP contribution in [0.15, 0.2) is 17.0 Å². The van der Waals surface area contributed by atoms with E-state index in [9.17, 15) is 0 Å². The normalized spacial score (nSPS) is 11.9. The van der Waals surface area contributed by atoms with E-state index in [0.29, 0.717) is 0 Å². The molecule has 0 unspecified atom stereocenters. The van der Waals surface area contributed by atoms with Gasteiger partial charge in [0.05, 0.1) is 0 Å². The summed E-state index contributed by atoms with van der Waals surface area (Å²) in [6.07, 6.45) is 1.17. The Kier molecular flexibility index (Phi) is 3.31. The Morgan fingerprint density at radius 3 is 2.21 bits per heavy atom. The molecule has 0 aliphatic rings. The van der Waals surface area contributed by atoms with E-state index < -0.39 is 0 Å². The van der Waals surface area contributed by atoms with E-state index in [2.05, 4.69) is 59.4 Å². The second kappa shape index (κ2) is 3.98. The van der Waals surface area contributed by atoms with Crippen LogP contribution in [0.5, 0.6) is 0 Å². The smallest absolute Gasteiger partial charge is 0.00720 e. The summed E-state index contributed by atoms with van der Waals surface area (Å²) in [7, 11) is 0. The van der Waals surface area contributed by atoms with Crippen LogP contribution >= 0.6 is 12.6 Å². The second-order valence-electron chi connectivity index (χ2n) is 4.62. The summed E-state index contributed by atoms with van der Waals surface area (Å²) in [5.41, 5.74) is 4.43. The van der Waals surface area contributed by atoms with Crippen LogP contribution in [0.4, 0.5) is 0 Å². The Balaban J connectivity index is 3.31. The maximum atomic E-state index is 4.44. The molecule has 0 saturated carbocycles. The second-order valence-corrected chi connectivity index (χ2v) is 5.10. The molecular formula is C13H20S. The van der Waals surface area contributed by atoms with E-state index in [-0.39, 0.29) is 5.41 Å². The molecule has 0 aliphatic carbocycles. The van der Waals surface area contributed by atoms with Crippen molar-refractivity contribution in [2.24, 2.45) is 0 Å². The Morgan fingerprint density at radius 2 is 1.71 bits per heavy atom. The minimum Gasteiger partial charge on any atom is -0.143 e. The summed E-state index contributed by atoms with van der Waals surface area (Å²) >= 11 is 4.44. The summed E-state index contributed by atoms with van der Waals surface area (Å²) in [6, 6.07) is 4.33. The number of hydrogen-bond acceptors (Lipinski definition) is 1.